The lowest BCUT2D eigenvalue weighted by atomic mass is 10.1. The predicted octanol–water partition coefficient (Wildman–Crippen LogP) is 0.758. The molecule has 5 rings (SSSR count). The van der Waals surface area contributed by atoms with Crippen molar-refractivity contribution in [3.63, 3.8) is 0 Å². The summed E-state index contributed by atoms with van der Waals surface area (Å²) in [4.78, 5) is 25.0. The Morgan fingerprint density at radius 1 is 1.23 bits per heavy atom. The molecule has 5 heterocycles. The average molecular weight is 430 g/mol. The molecule has 1 atom stereocenters. The van der Waals surface area contributed by atoms with Crippen LogP contribution in [-0.4, -0.2) is 75.8 Å². The molecule has 2 aliphatic rings. The number of hydrogen-bond acceptors (Lipinski definition) is 8. The third-order valence-electron chi connectivity index (χ3n) is 5.57. The average Bonchev–Trinajstić information content (AvgIpc) is 3.08. The number of nitrogens with zero attached hydrogens (tertiary/aromatic N) is 6. The summed E-state index contributed by atoms with van der Waals surface area (Å²) in [5.74, 6) is -1.92. The first-order valence-corrected chi connectivity index (χ1v) is 9.82. The van der Waals surface area contributed by atoms with E-state index in [0.29, 0.717) is 26.3 Å². The second-order valence-electron chi connectivity index (χ2n) is 7.48. The second-order valence-corrected chi connectivity index (χ2v) is 7.48. The number of piperazine rings is 1. The summed E-state index contributed by atoms with van der Waals surface area (Å²) >= 11 is 0. The van der Waals surface area contributed by atoms with Crippen LogP contribution in [0.2, 0.25) is 0 Å². The van der Waals surface area contributed by atoms with Crippen LogP contribution in [0.4, 0.5) is 26.0 Å². The molecule has 3 aromatic heterocycles. The Balaban J connectivity index is 1.45. The van der Waals surface area contributed by atoms with Gasteiger partial charge in [0.05, 0.1) is 49.7 Å². The van der Waals surface area contributed by atoms with Crippen molar-refractivity contribution >= 4 is 28.7 Å². The van der Waals surface area contributed by atoms with Gasteiger partial charge in [0.25, 0.3) is 5.91 Å². The Morgan fingerprint density at radius 3 is 2.97 bits per heavy atom. The highest BCUT2D eigenvalue weighted by molar-refractivity contribution is 6.12. The highest BCUT2D eigenvalue weighted by Crippen LogP contribution is 2.31. The number of pyridine rings is 1. The molecule has 0 aliphatic carbocycles. The van der Waals surface area contributed by atoms with Gasteiger partial charge in [-0.3, -0.25) is 14.7 Å². The van der Waals surface area contributed by atoms with Gasteiger partial charge in [0.1, 0.15) is 11.3 Å². The fourth-order valence-corrected chi connectivity index (χ4v) is 4.12. The van der Waals surface area contributed by atoms with Gasteiger partial charge < -0.3 is 20.7 Å². The minimum absolute atomic E-state index is 0.0271. The van der Waals surface area contributed by atoms with Crippen LogP contribution >= 0.6 is 0 Å². The van der Waals surface area contributed by atoms with E-state index in [9.17, 15) is 13.6 Å². The first kappa shape index (κ1) is 19.6. The van der Waals surface area contributed by atoms with E-state index in [1.54, 1.807) is 0 Å². The SMILES string of the molecule is Nc1nn2cc(F)cnc2c1C(=O)Nc1cncc(F)c1N1CCN2CCOC[C@@H]2C1. The minimum Gasteiger partial charge on any atom is -0.381 e. The zero-order chi connectivity index (χ0) is 21.5. The van der Waals surface area contributed by atoms with Crippen LogP contribution in [-0.2, 0) is 4.74 Å². The number of amides is 1. The lowest BCUT2D eigenvalue weighted by molar-refractivity contribution is -0.0117. The molecule has 2 saturated heterocycles. The molecule has 31 heavy (non-hydrogen) atoms. The first-order valence-electron chi connectivity index (χ1n) is 9.82. The predicted molar refractivity (Wildman–Crippen MR) is 108 cm³/mol. The van der Waals surface area contributed by atoms with Crippen molar-refractivity contribution in [2.45, 2.75) is 6.04 Å². The molecule has 0 spiro atoms. The van der Waals surface area contributed by atoms with Gasteiger partial charge >= 0.3 is 0 Å². The Hall–Kier alpha value is -3.38. The molecular weight excluding hydrogens is 410 g/mol. The van der Waals surface area contributed by atoms with E-state index >= 15 is 0 Å². The molecule has 2 aliphatic heterocycles. The lowest BCUT2D eigenvalue weighted by Crippen LogP contribution is -2.58. The van der Waals surface area contributed by atoms with E-state index in [1.807, 2.05) is 4.90 Å². The van der Waals surface area contributed by atoms with E-state index in [0.717, 1.165) is 36.2 Å². The third kappa shape index (κ3) is 3.53. The summed E-state index contributed by atoms with van der Waals surface area (Å²) in [7, 11) is 0. The topological polar surface area (TPSA) is 114 Å². The van der Waals surface area contributed by atoms with Crippen LogP contribution in [0.1, 0.15) is 10.4 Å². The zero-order valence-electron chi connectivity index (χ0n) is 16.5. The molecule has 0 unspecified atom stereocenters. The Labute approximate surface area is 175 Å². The van der Waals surface area contributed by atoms with Gasteiger partial charge in [0, 0.05) is 26.2 Å². The Morgan fingerprint density at radius 2 is 2.10 bits per heavy atom. The van der Waals surface area contributed by atoms with Crippen molar-refractivity contribution < 1.29 is 18.3 Å². The van der Waals surface area contributed by atoms with Crippen molar-refractivity contribution in [2.24, 2.45) is 0 Å². The maximum absolute atomic E-state index is 14.8. The Kier molecular flexibility index (Phi) is 4.87. The molecule has 0 bridgehead atoms. The van der Waals surface area contributed by atoms with Crippen LogP contribution in [0.3, 0.4) is 0 Å². The molecule has 0 aromatic carbocycles. The minimum atomic E-state index is -0.639. The third-order valence-corrected chi connectivity index (χ3v) is 5.57. The smallest absolute Gasteiger partial charge is 0.263 e. The largest absolute Gasteiger partial charge is 0.381 e. The summed E-state index contributed by atoms with van der Waals surface area (Å²) in [5, 5.41) is 6.60. The van der Waals surface area contributed by atoms with Crippen molar-refractivity contribution in [3.8, 4) is 0 Å². The number of carbonyl (C=O) groups is 1. The maximum atomic E-state index is 14.8. The van der Waals surface area contributed by atoms with Gasteiger partial charge in [-0.2, -0.15) is 0 Å². The van der Waals surface area contributed by atoms with Gasteiger partial charge in [-0.25, -0.2) is 18.3 Å². The number of aromatic nitrogens is 4. The molecule has 10 nitrogen and oxygen atoms in total. The van der Waals surface area contributed by atoms with Crippen molar-refractivity contribution in [2.75, 3.05) is 55.3 Å². The molecule has 2 fully saturated rings. The quantitative estimate of drug-likeness (QED) is 0.626. The van der Waals surface area contributed by atoms with Crippen LogP contribution in [0.5, 0.6) is 0 Å². The van der Waals surface area contributed by atoms with Crippen LogP contribution in [0.15, 0.2) is 24.8 Å². The summed E-state index contributed by atoms with van der Waals surface area (Å²) in [6, 6.07) is 0.146. The van der Waals surface area contributed by atoms with E-state index in [1.165, 1.54) is 6.20 Å². The molecular formula is C19H20F2N8O2. The number of nitrogens with two attached hydrogens (primary N) is 1. The lowest BCUT2D eigenvalue weighted by Gasteiger charge is -2.44. The highest BCUT2D eigenvalue weighted by Gasteiger charge is 2.32. The summed E-state index contributed by atoms with van der Waals surface area (Å²) < 4.78 is 34.9. The number of ether oxygens (including phenoxy) is 1. The molecule has 1 amide bonds. The fourth-order valence-electron chi connectivity index (χ4n) is 4.12. The highest BCUT2D eigenvalue weighted by atomic mass is 19.1. The zero-order valence-corrected chi connectivity index (χ0v) is 16.5. The number of halogens is 2. The van der Waals surface area contributed by atoms with E-state index in [-0.39, 0.29) is 34.4 Å². The van der Waals surface area contributed by atoms with Crippen molar-refractivity contribution in [1.82, 2.24) is 24.5 Å². The number of morpholine rings is 1. The van der Waals surface area contributed by atoms with Crippen LogP contribution < -0.4 is 16.0 Å². The molecule has 12 heteroatoms. The Bertz CT molecular complexity index is 1150. The maximum Gasteiger partial charge on any atom is 0.263 e. The molecule has 162 valence electrons. The second kappa shape index (κ2) is 7.71. The van der Waals surface area contributed by atoms with Crippen molar-refractivity contribution in [3.05, 3.63) is 42.0 Å². The number of rotatable bonds is 3. The number of fused-ring (bicyclic) bond motifs is 2. The number of hydrogen-bond donors (Lipinski definition) is 2. The molecule has 0 saturated carbocycles. The number of carbonyl (C=O) groups excluding carboxylic acids is 1. The summed E-state index contributed by atoms with van der Waals surface area (Å²) in [6.07, 6.45) is 4.53. The fraction of sp³-hybridized carbons (Fsp3) is 0.368. The molecule has 3 N–H and O–H groups in total. The van der Waals surface area contributed by atoms with Gasteiger partial charge in [-0.05, 0) is 0 Å². The van der Waals surface area contributed by atoms with Gasteiger partial charge in [0.2, 0.25) is 0 Å². The van der Waals surface area contributed by atoms with E-state index in [4.69, 9.17) is 10.5 Å². The van der Waals surface area contributed by atoms with Crippen molar-refractivity contribution in [1.29, 1.82) is 0 Å². The van der Waals surface area contributed by atoms with Crippen LogP contribution in [0, 0.1) is 11.6 Å². The molecule has 3 aromatic rings. The van der Waals surface area contributed by atoms with Gasteiger partial charge in [0.15, 0.2) is 23.1 Å². The summed E-state index contributed by atoms with van der Waals surface area (Å²) in [5.41, 5.74) is 6.39. The standard InChI is InChI=1S/C19H20F2N8O2/c20-11-5-24-18-15(17(22)26-29(18)8-11)19(30)25-14-7-23-6-13(21)16(14)28-2-1-27-3-4-31-10-12(27)9-28/h5-8,12H,1-4,9-10H2,(H2,22,26)(H,25,30)/t12-/m0/s1. The molecule has 0 radical (unpaired) electrons. The van der Waals surface area contributed by atoms with Crippen LogP contribution in [0.25, 0.3) is 5.65 Å². The normalized spacial score (nSPS) is 19.4. The monoisotopic (exact) mass is 430 g/mol. The first-order chi connectivity index (χ1) is 15.0. The number of nitrogen functional groups attached to an aromatic ring is 1. The van der Waals surface area contributed by atoms with Gasteiger partial charge in [-0.15, -0.1) is 5.10 Å². The summed E-state index contributed by atoms with van der Waals surface area (Å²) in [6.45, 7) is 4.04. The van der Waals surface area contributed by atoms with Gasteiger partial charge in [-0.1, -0.05) is 0 Å². The number of nitrogens with one attached hydrogen (secondary N) is 1. The number of anilines is 3. The van der Waals surface area contributed by atoms with E-state index in [2.05, 4.69) is 25.3 Å². The van der Waals surface area contributed by atoms with E-state index < -0.39 is 17.5 Å².